The predicted molar refractivity (Wildman–Crippen MR) is 183 cm³/mol. The Hall–Kier alpha value is -3.65. The van der Waals surface area contributed by atoms with Crippen LogP contribution in [-0.2, 0) is 17.9 Å². The number of benzene rings is 3. The number of rotatable bonds is 9. The first kappa shape index (κ1) is 33.2. The van der Waals surface area contributed by atoms with Gasteiger partial charge >= 0.3 is 0 Å². The Morgan fingerprint density at radius 1 is 0.886 bits per heavy atom. The van der Waals surface area contributed by atoms with Crippen LogP contribution in [-0.4, -0.2) is 46.9 Å². The Kier molecular flexibility index (Phi) is 11.6. The standard InChI is InChI=1S/C36H38ClN3O3.BrH/c1-25-5-9-29(10-6-25)23-39-15-17-40(18-16-39)35(41)20-27(3)31-19-28(4)36(33(37)21-31)43-34-14-13-32(22-38-34)42-24-30-11-7-26(2)8-12-30;/h5-14,19-22H,15-18,23-24H2,1-4H3;1H. The normalized spacial score (nSPS) is 13.8. The molecule has 0 aliphatic carbocycles. The molecule has 0 saturated carbocycles. The maximum absolute atomic E-state index is 13.1. The number of nitrogens with zero attached hydrogens (tertiary/aromatic N) is 3. The van der Waals surface area contributed by atoms with Gasteiger partial charge in [0.05, 0.1) is 11.2 Å². The van der Waals surface area contributed by atoms with Gasteiger partial charge in [0.15, 0.2) is 5.75 Å². The summed E-state index contributed by atoms with van der Waals surface area (Å²) in [6.45, 7) is 12.6. The lowest BCUT2D eigenvalue weighted by atomic mass is 10.0. The summed E-state index contributed by atoms with van der Waals surface area (Å²) in [4.78, 5) is 21.8. The molecule has 0 atom stereocenters. The number of aromatic nitrogens is 1. The molecular weight excluding hydrogens is 638 g/mol. The monoisotopic (exact) mass is 675 g/mol. The van der Waals surface area contributed by atoms with E-state index >= 15 is 0 Å². The molecule has 5 rings (SSSR count). The van der Waals surface area contributed by atoms with Gasteiger partial charge in [-0.05, 0) is 73.7 Å². The maximum Gasteiger partial charge on any atom is 0.246 e. The van der Waals surface area contributed by atoms with Gasteiger partial charge in [-0.2, -0.15) is 0 Å². The van der Waals surface area contributed by atoms with Gasteiger partial charge in [-0.3, -0.25) is 9.69 Å². The van der Waals surface area contributed by atoms with Gasteiger partial charge in [0.2, 0.25) is 11.8 Å². The second-order valence-electron chi connectivity index (χ2n) is 11.2. The largest absolute Gasteiger partial charge is 0.487 e. The van der Waals surface area contributed by atoms with Crippen molar-refractivity contribution in [2.45, 2.75) is 40.8 Å². The smallest absolute Gasteiger partial charge is 0.246 e. The van der Waals surface area contributed by atoms with Crippen molar-refractivity contribution in [1.29, 1.82) is 0 Å². The van der Waals surface area contributed by atoms with Gasteiger partial charge in [-0.25, -0.2) is 4.98 Å². The minimum absolute atomic E-state index is 0. The van der Waals surface area contributed by atoms with Crippen molar-refractivity contribution in [2.24, 2.45) is 0 Å². The fourth-order valence-corrected chi connectivity index (χ4v) is 5.30. The molecule has 0 radical (unpaired) electrons. The molecule has 1 aliphatic rings. The molecule has 1 aliphatic heterocycles. The van der Waals surface area contributed by atoms with E-state index in [-0.39, 0.29) is 22.9 Å². The van der Waals surface area contributed by atoms with Crippen LogP contribution in [0.4, 0.5) is 0 Å². The van der Waals surface area contributed by atoms with Crippen LogP contribution in [0.2, 0.25) is 5.02 Å². The zero-order valence-electron chi connectivity index (χ0n) is 25.7. The fraction of sp³-hybridized carbons (Fsp3) is 0.278. The molecule has 6 nitrogen and oxygen atoms in total. The Balaban J connectivity index is 0.00000442. The first-order chi connectivity index (χ1) is 20.7. The molecular formula is C36H39BrClN3O3. The fourth-order valence-electron chi connectivity index (χ4n) is 4.99. The number of ether oxygens (including phenoxy) is 2. The molecule has 44 heavy (non-hydrogen) atoms. The number of pyridine rings is 1. The Bertz CT molecular complexity index is 1560. The third kappa shape index (κ3) is 8.94. The lowest BCUT2D eigenvalue weighted by Crippen LogP contribution is -2.47. The third-order valence-corrected chi connectivity index (χ3v) is 7.96. The van der Waals surface area contributed by atoms with Crippen LogP contribution in [0.25, 0.3) is 5.57 Å². The van der Waals surface area contributed by atoms with Crippen molar-refractivity contribution in [3.8, 4) is 17.4 Å². The number of hydrogen-bond donors (Lipinski definition) is 0. The summed E-state index contributed by atoms with van der Waals surface area (Å²) < 4.78 is 11.9. The molecule has 2 heterocycles. The van der Waals surface area contributed by atoms with Crippen LogP contribution < -0.4 is 9.47 Å². The topological polar surface area (TPSA) is 54.9 Å². The van der Waals surface area contributed by atoms with Crippen molar-refractivity contribution >= 4 is 40.1 Å². The zero-order chi connectivity index (χ0) is 30.3. The average molecular weight is 677 g/mol. The maximum atomic E-state index is 13.1. The molecule has 1 aromatic heterocycles. The Morgan fingerprint density at radius 3 is 2.11 bits per heavy atom. The van der Waals surface area contributed by atoms with Gasteiger partial charge < -0.3 is 14.4 Å². The van der Waals surface area contributed by atoms with Gasteiger partial charge in [0.25, 0.3) is 0 Å². The summed E-state index contributed by atoms with van der Waals surface area (Å²) in [5.41, 5.74) is 7.47. The van der Waals surface area contributed by atoms with E-state index in [1.807, 2.05) is 36.9 Å². The Labute approximate surface area is 276 Å². The van der Waals surface area contributed by atoms with Crippen LogP contribution in [0.15, 0.2) is 85.1 Å². The van der Waals surface area contributed by atoms with Gasteiger partial charge in [0.1, 0.15) is 12.4 Å². The Morgan fingerprint density at radius 2 is 1.52 bits per heavy atom. The van der Waals surface area contributed by atoms with E-state index in [4.69, 9.17) is 21.1 Å². The third-order valence-electron chi connectivity index (χ3n) is 7.68. The number of aryl methyl sites for hydroxylation is 3. The van der Waals surface area contributed by atoms with Gasteiger partial charge in [-0.1, -0.05) is 71.3 Å². The number of carbonyl (C=O) groups is 1. The van der Waals surface area contributed by atoms with Crippen molar-refractivity contribution in [2.75, 3.05) is 26.2 Å². The first-order valence-electron chi connectivity index (χ1n) is 14.6. The van der Waals surface area contributed by atoms with Crippen molar-refractivity contribution < 1.29 is 14.3 Å². The van der Waals surface area contributed by atoms with Crippen LogP contribution in [0.3, 0.4) is 0 Å². The number of halogens is 2. The number of hydrogen-bond acceptors (Lipinski definition) is 5. The minimum Gasteiger partial charge on any atom is -0.487 e. The molecule has 230 valence electrons. The molecule has 1 fully saturated rings. The van der Waals surface area contributed by atoms with E-state index in [1.165, 1.54) is 16.7 Å². The van der Waals surface area contributed by atoms with Gasteiger partial charge in [-0.15, -0.1) is 17.0 Å². The summed E-state index contributed by atoms with van der Waals surface area (Å²) >= 11 is 6.66. The van der Waals surface area contributed by atoms with E-state index in [0.717, 1.165) is 41.9 Å². The van der Waals surface area contributed by atoms with E-state index in [2.05, 4.69) is 72.3 Å². The number of carbonyl (C=O) groups excluding carboxylic acids is 1. The molecule has 1 amide bonds. The van der Waals surface area contributed by atoms with E-state index in [1.54, 1.807) is 18.3 Å². The summed E-state index contributed by atoms with van der Waals surface area (Å²) in [6.07, 6.45) is 3.35. The molecule has 1 saturated heterocycles. The van der Waals surface area contributed by atoms with Crippen molar-refractivity contribution in [3.05, 3.63) is 123 Å². The number of piperazine rings is 1. The van der Waals surface area contributed by atoms with E-state index in [9.17, 15) is 4.79 Å². The SMILES string of the molecule is Br.CC(=CC(=O)N1CCN(Cc2ccc(C)cc2)CC1)c1cc(C)c(Oc2ccc(OCc3ccc(C)cc3)cn2)c(Cl)c1. The molecule has 3 aromatic carbocycles. The lowest BCUT2D eigenvalue weighted by molar-refractivity contribution is -0.127. The number of allylic oxidation sites excluding steroid dienone is 1. The minimum atomic E-state index is 0. The summed E-state index contributed by atoms with van der Waals surface area (Å²) in [7, 11) is 0. The van der Waals surface area contributed by atoms with Crippen molar-refractivity contribution in [3.63, 3.8) is 0 Å². The highest BCUT2D eigenvalue weighted by atomic mass is 79.9. The van der Waals surface area contributed by atoms with E-state index < -0.39 is 0 Å². The van der Waals surface area contributed by atoms with E-state index in [0.29, 0.717) is 42.1 Å². The molecule has 0 unspecified atom stereocenters. The van der Waals surface area contributed by atoms with Crippen LogP contribution in [0, 0.1) is 20.8 Å². The lowest BCUT2D eigenvalue weighted by Gasteiger charge is -2.34. The number of amides is 1. The highest BCUT2D eigenvalue weighted by molar-refractivity contribution is 8.93. The van der Waals surface area contributed by atoms with Gasteiger partial charge in [0, 0.05) is 44.9 Å². The predicted octanol–water partition coefficient (Wildman–Crippen LogP) is 8.36. The molecule has 0 N–H and O–H groups in total. The highest BCUT2D eigenvalue weighted by Crippen LogP contribution is 2.35. The van der Waals surface area contributed by atoms with Crippen LogP contribution in [0.5, 0.6) is 17.4 Å². The molecule has 8 heteroatoms. The van der Waals surface area contributed by atoms with Crippen LogP contribution in [0.1, 0.15) is 40.3 Å². The quantitative estimate of drug-likeness (QED) is 0.167. The molecule has 4 aromatic rings. The van der Waals surface area contributed by atoms with Crippen molar-refractivity contribution in [1.82, 2.24) is 14.8 Å². The highest BCUT2D eigenvalue weighted by Gasteiger charge is 2.20. The second kappa shape index (κ2) is 15.4. The average Bonchev–Trinajstić information content (AvgIpc) is 3.00. The second-order valence-corrected chi connectivity index (χ2v) is 11.6. The first-order valence-corrected chi connectivity index (χ1v) is 15.0. The molecule has 0 bridgehead atoms. The zero-order valence-corrected chi connectivity index (χ0v) is 28.1. The molecule has 0 spiro atoms. The summed E-state index contributed by atoms with van der Waals surface area (Å²) in [5, 5.41) is 0.460. The summed E-state index contributed by atoms with van der Waals surface area (Å²) in [6, 6.07) is 24.3. The van der Waals surface area contributed by atoms with Crippen LogP contribution >= 0.6 is 28.6 Å². The summed E-state index contributed by atoms with van der Waals surface area (Å²) in [5.74, 6) is 1.64.